The Bertz CT molecular complexity index is 2010. The molecule has 0 radical (unpaired) electrons. The molecule has 1 amide bonds. The number of morpholine rings is 1. The smallest absolute Gasteiger partial charge is 0.319 e. The molecule has 4 atom stereocenters. The quantitative estimate of drug-likeness (QED) is 0.289. The van der Waals surface area contributed by atoms with Gasteiger partial charge in [-0.2, -0.15) is 9.97 Å². The highest BCUT2D eigenvalue weighted by atomic mass is 35.5. The van der Waals surface area contributed by atoms with Crippen LogP contribution in [0.4, 0.5) is 14.6 Å². The van der Waals surface area contributed by atoms with Gasteiger partial charge < -0.3 is 19.3 Å². The van der Waals surface area contributed by atoms with E-state index in [1.165, 1.54) is 0 Å². The summed E-state index contributed by atoms with van der Waals surface area (Å²) in [4.78, 5) is 32.9. The van der Waals surface area contributed by atoms with Crippen molar-refractivity contribution in [2.24, 2.45) is 0 Å². The van der Waals surface area contributed by atoms with Gasteiger partial charge in [0.1, 0.15) is 29.8 Å². The average Bonchev–Trinajstić information content (AvgIpc) is 3.85. The molecular formula is C37H38ClF2N7O3. The highest BCUT2D eigenvalue weighted by Gasteiger charge is 2.49. The van der Waals surface area contributed by atoms with E-state index in [-0.39, 0.29) is 41.8 Å². The summed E-state index contributed by atoms with van der Waals surface area (Å²) in [6.45, 7) is 4.12. The van der Waals surface area contributed by atoms with Crippen molar-refractivity contribution in [3.8, 4) is 29.1 Å². The van der Waals surface area contributed by atoms with E-state index >= 15 is 4.39 Å². The van der Waals surface area contributed by atoms with E-state index in [4.69, 9.17) is 26.1 Å². The number of ether oxygens (including phenoxy) is 2. The van der Waals surface area contributed by atoms with Crippen LogP contribution in [0.3, 0.4) is 0 Å². The third-order valence-corrected chi connectivity index (χ3v) is 10.9. The minimum atomic E-state index is -0.915. The fourth-order valence-corrected chi connectivity index (χ4v) is 8.27. The topological polar surface area (TPSA) is 96.0 Å². The van der Waals surface area contributed by atoms with Crippen LogP contribution >= 0.6 is 11.6 Å². The number of aromatic nitrogens is 3. The predicted octanol–water partition coefficient (Wildman–Crippen LogP) is 4.62. The number of amides is 1. The summed E-state index contributed by atoms with van der Waals surface area (Å²) in [6.07, 6.45) is 3.50. The fourth-order valence-electron chi connectivity index (χ4n) is 7.98. The van der Waals surface area contributed by atoms with Gasteiger partial charge in [0, 0.05) is 67.9 Å². The van der Waals surface area contributed by atoms with E-state index in [1.807, 2.05) is 36.2 Å². The van der Waals surface area contributed by atoms with Gasteiger partial charge in [-0.1, -0.05) is 47.9 Å². The van der Waals surface area contributed by atoms with Crippen molar-refractivity contribution in [2.75, 3.05) is 64.5 Å². The summed E-state index contributed by atoms with van der Waals surface area (Å²) in [6, 6.07) is 10.8. The first-order valence-corrected chi connectivity index (χ1v) is 17.6. The Labute approximate surface area is 294 Å². The molecule has 50 heavy (non-hydrogen) atoms. The van der Waals surface area contributed by atoms with E-state index < -0.39 is 17.5 Å². The molecular weight excluding hydrogens is 664 g/mol. The highest BCUT2D eigenvalue weighted by Crippen LogP contribution is 2.41. The molecule has 0 aliphatic carbocycles. The number of alkyl halides is 1. The number of fused-ring (bicyclic) bond motifs is 3. The minimum absolute atomic E-state index is 0.00822. The van der Waals surface area contributed by atoms with Crippen LogP contribution < -0.4 is 15.0 Å². The maximum Gasteiger partial charge on any atom is 0.319 e. The fraction of sp³-hybridized carbons (Fsp3) is 0.459. The van der Waals surface area contributed by atoms with Crippen molar-refractivity contribution in [3.05, 3.63) is 53.4 Å². The first kappa shape index (κ1) is 33.0. The maximum absolute atomic E-state index is 16.8. The molecule has 10 nitrogen and oxygen atoms in total. The van der Waals surface area contributed by atoms with Crippen molar-refractivity contribution >= 4 is 45.0 Å². The van der Waals surface area contributed by atoms with E-state index in [0.29, 0.717) is 79.4 Å². The first-order chi connectivity index (χ1) is 24.3. The van der Waals surface area contributed by atoms with Gasteiger partial charge >= 0.3 is 6.01 Å². The van der Waals surface area contributed by atoms with Gasteiger partial charge in [-0.05, 0) is 43.2 Å². The molecule has 260 valence electrons. The number of rotatable bonds is 6. The SMILES string of the molecule is CN(c1nc(OC[C@@]23CCCN2C[C@H](F)C3)nc2c(F)c(-c3cccc4cccc(Cl)c34)ncc12)C1CCN(C(=O)C#CC2COCCN2)C1. The summed E-state index contributed by atoms with van der Waals surface area (Å²) in [5, 5.41) is 5.69. The number of carbonyl (C=O) groups is 1. The van der Waals surface area contributed by atoms with Crippen molar-refractivity contribution in [2.45, 2.75) is 49.5 Å². The Kier molecular flexibility index (Phi) is 8.93. The second kappa shape index (κ2) is 13.5. The number of likely N-dealkylation sites (tertiary alicyclic amines) is 1. The Morgan fingerprint density at radius 3 is 2.92 bits per heavy atom. The molecule has 2 unspecified atom stereocenters. The van der Waals surface area contributed by atoms with Crippen LogP contribution in [0.5, 0.6) is 6.01 Å². The lowest BCUT2D eigenvalue weighted by atomic mass is 9.95. The number of benzene rings is 2. The summed E-state index contributed by atoms with van der Waals surface area (Å²) in [7, 11) is 1.87. The number of hydrogen-bond donors (Lipinski definition) is 1. The van der Waals surface area contributed by atoms with E-state index in [9.17, 15) is 9.18 Å². The molecule has 13 heteroatoms. The summed E-state index contributed by atoms with van der Waals surface area (Å²) in [5.74, 6) is 5.32. The van der Waals surface area contributed by atoms with Gasteiger partial charge in [0.2, 0.25) is 0 Å². The molecule has 4 aromatic rings. The number of hydrogen-bond acceptors (Lipinski definition) is 9. The van der Waals surface area contributed by atoms with Crippen LogP contribution in [0, 0.1) is 17.7 Å². The molecule has 2 aromatic carbocycles. The Morgan fingerprint density at radius 2 is 2.08 bits per heavy atom. The monoisotopic (exact) mass is 701 g/mol. The molecule has 0 spiro atoms. The van der Waals surface area contributed by atoms with Gasteiger partial charge in [0.05, 0.1) is 30.2 Å². The van der Waals surface area contributed by atoms with Crippen molar-refractivity contribution < 1.29 is 23.0 Å². The number of anilines is 1. The molecule has 0 bridgehead atoms. The van der Waals surface area contributed by atoms with E-state index in [1.54, 1.807) is 23.2 Å². The van der Waals surface area contributed by atoms with Crippen molar-refractivity contribution in [3.63, 3.8) is 0 Å². The van der Waals surface area contributed by atoms with Gasteiger partial charge in [-0.15, -0.1) is 0 Å². The van der Waals surface area contributed by atoms with Gasteiger partial charge in [0.25, 0.3) is 5.91 Å². The normalized spacial score (nSPS) is 25.1. The molecule has 2 aromatic heterocycles. The summed E-state index contributed by atoms with van der Waals surface area (Å²) in [5.41, 5.74) is 0.281. The lowest BCUT2D eigenvalue weighted by Crippen LogP contribution is -2.43. The Hall–Kier alpha value is -4.15. The lowest BCUT2D eigenvalue weighted by Gasteiger charge is -2.31. The van der Waals surface area contributed by atoms with Gasteiger partial charge in [-0.25, -0.2) is 8.78 Å². The highest BCUT2D eigenvalue weighted by molar-refractivity contribution is 6.36. The van der Waals surface area contributed by atoms with Crippen molar-refractivity contribution in [1.82, 2.24) is 30.1 Å². The third-order valence-electron chi connectivity index (χ3n) is 10.6. The maximum atomic E-state index is 16.8. The number of halogens is 3. The van der Waals surface area contributed by atoms with Gasteiger partial charge in [0.15, 0.2) is 5.82 Å². The number of likely N-dealkylation sites (N-methyl/N-ethyl adjacent to an activating group) is 1. The number of pyridine rings is 1. The molecule has 4 fully saturated rings. The number of nitrogens with one attached hydrogen (secondary N) is 1. The van der Waals surface area contributed by atoms with Crippen LogP contribution in [-0.4, -0.2) is 114 Å². The van der Waals surface area contributed by atoms with Crippen LogP contribution in [0.1, 0.15) is 25.7 Å². The van der Waals surface area contributed by atoms with Crippen LogP contribution in [0.25, 0.3) is 32.9 Å². The third kappa shape index (κ3) is 6.10. The number of carbonyl (C=O) groups excluding carboxylic acids is 1. The molecule has 0 saturated carbocycles. The molecule has 1 N–H and O–H groups in total. The zero-order valence-corrected chi connectivity index (χ0v) is 28.6. The summed E-state index contributed by atoms with van der Waals surface area (Å²) >= 11 is 6.62. The largest absolute Gasteiger partial charge is 0.461 e. The second-order valence-electron chi connectivity index (χ2n) is 13.7. The minimum Gasteiger partial charge on any atom is -0.461 e. The summed E-state index contributed by atoms with van der Waals surface area (Å²) < 4.78 is 43.1. The van der Waals surface area contributed by atoms with Crippen LogP contribution in [0.15, 0.2) is 42.6 Å². The Balaban J connectivity index is 1.14. The predicted molar refractivity (Wildman–Crippen MR) is 188 cm³/mol. The molecule has 6 heterocycles. The molecule has 4 aliphatic rings. The zero-order chi connectivity index (χ0) is 34.4. The molecule has 8 rings (SSSR count). The van der Waals surface area contributed by atoms with Gasteiger partial charge in [-0.3, -0.25) is 20.0 Å². The second-order valence-corrected chi connectivity index (χ2v) is 14.1. The zero-order valence-electron chi connectivity index (χ0n) is 27.8. The first-order valence-electron chi connectivity index (χ1n) is 17.2. The molecule has 4 aliphatic heterocycles. The van der Waals surface area contributed by atoms with E-state index in [2.05, 4.69) is 32.0 Å². The lowest BCUT2D eigenvalue weighted by molar-refractivity contribution is -0.124. The number of nitrogens with zero attached hydrogens (tertiary/aromatic N) is 6. The van der Waals surface area contributed by atoms with Crippen LogP contribution in [0.2, 0.25) is 5.02 Å². The molecule has 4 saturated heterocycles. The van der Waals surface area contributed by atoms with Crippen LogP contribution in [-0.2, 0) is 9.53 Å². The van der Waals surface area contributed by atoms with Crippen molar-refractivity contribution in [1.29, 1.82) is 0 Å². The van der Waals surface area contributed by atoms with E-state index in [0.717, 1.165) is 24.8 Å². The average molecular weight is 702 g/mol. The Morgan fingerprint density at radius 1 is 1.22 bits per heavy atom. The standard InChI is InChI=1S/C37H38ClF2N7O3/c1-45(26-11-15-46(20-26)30(48)10-9-25-21-49-16-13-41-25)35-28-18-42-33(27-7-2-5-23-6-3-8-29(38)31(23)27)32(40)34(28)43-36(44-35)50-22-37-12-4-14-47(37)19-24(39)17-37/h2-3,5-8,18,24-26,41H,4,11-17,19-22H2,1H3/t24-,25?,26?,37+/m1/s1.